The molecule has 2 amide bonds. The van der Waals surface area contributed by atoms with Crippen LogP contribution in [0.25, 0.3) is 0 Å². The Balaban J connectivity index is 1.61. The molecular weight excluding hydrogens is 326 g/mol. The van der Waals surface area contributed by atoms with Gasteiger partial charge in [0.15, 0.2) is 0 Å². The monoisotopic (exact) mass is 357 g/mol. The van der Waals surface area contributed by atoms with Gasteiger partial charge in [0.25, 0.3) is 0 Å². The molecule has 26 heavy (non-hydrogen) atoms. The molecule has 1 atom stereocenters. The third-order valence-corrected chi connectivity index (χ3v) is 5.75. The summed E-state index contributed by atoms with van der Waals surface area (Å²) in [4.78, 5) is 29.0. The zero-order valence-corrected chi connectivity index (χ0v) is 16.0. The van der Waals surface area contributed by atoms with E-state index in [9.17, 15) is 9.59 Å². The Kier molecular flexibility index (Phi) is 6.30. The van der Waals surface area contributed by atoms with Crippen molar-refractivity contribution in [3.8, 4) is 0 Å². The molecule has 2 fully saturated rings. The van der Waals surface area contributed by atoms with Gasteiger partial charge in [-0.25, -0.2) is 0 Å². The summed E-state index contributed by atoms with van der Waals surface area (Å²) in [6.07, 6.45) is 5.75. The maximum absolute atomic E-state index is 12.9. The Morgan fingerprint density at radius 3 is 2.58 bits per heavy atom. The van der Waals surface area contributed by atoms with Gasteiger partial charge in [0, 0.05) is 31.7 Å². The van der Waals surface area contributed by atoms with Gasteiger partial charge in [0.2, 0.25) is 11.8 Å². The van der Waals surface area contributed by atoms with Crippen LogP contribution in [-0.2, 0) is 16.0 Å². The van der Waals surface area contributed by atoms with Crippen LogP contribution in [-0.4, -0.2) is 49.4 Å². The maximum atomic E-state index is 12.9. The number of piperidine rings is 1. The lowest BCUT2D eigenvalue weighted by Crippen LogP contribution is -2.46. The average Bonchev–Trinajstić information content (AvgIpc) is 3.08. The minimum absolute atomic E-state index is 0.0587. The van der Waals surface area contributed by atoms with E-state index >= 15 is 0 Å². The van der Waals surface area contributed by atoms with Crippen molar-refractivity contribution in [2.45, 2.75) is 51.5 Å². The normalized spacial score (nSPS) is 21.2. The molecule has 142 valence electrons. The highest BCUT2D eigenvalue weighted by atomic mass is 16.2. The van der Waals surface area contributed by atoms with Crippen LogP contribution in [0.2, 0.25) is 0 Å². The minimum Gasteiger partial charge on any atom is -0.342 e. The van der Waals surface area contributed by atoms with Crippen molar-refractivity contribution in [1.82, 2.24) is 10.2 Å². The lowest BCUT2D eigenvalue weighted by Gasteiger charge is -2.33. The van der Waals surface area contributed by atoms with E-state index in [2.05, 4.69) is 24.4 Å². The van der Waals surface area contributed by atoms with Gasteiger partial charge in [-0.05, 0) is 56.5 Å². The van der Waals surface area contributed by atoms with Crippen LogP contribution >= 0.6 is 0 Å². The van der Waals surface area contributed by atoms with Crippen molar-refractivity contribution in [2.75, 3.05) is 31.6 Å². The Bertz CT molecular complexity index is 623. The van der Waals surface area contributed by atoms with E-state index in [1.807, 2.05) is 24.1 Å². The van der Waals surface area contributed by atoms with E-state index in [0.717, 1.165) is 38.0 Å². The molecule has 2 heterocycles. The van der Waals surface area contributed by atoms with Gasteiger partial charge >= 0.3 is 0 Å². The first-order valence-corrected chi connectivity index (χ1v) is 9.97. The molecule has 2 aliphatic rings. The van der Waals surface area contributed by atoms with Gasteiger partial charge in [-0.3, -0.25) is 9.59 Å². The fourth-order valence-electron chi connectivity index (χ4n) is 4.01. The van der Waals surface area contributed by atoms with Crippen molar-refractivity contribution in [2.24, 2.45) is 5.92 Å². The number of nitrogens with one attached hydrogen (secondary N) is 1. The zero-order chi connectivity index (χ0) is 18.5. The van der Waals surface area contributed by atoms with E-state index in [1.165, 1.54) is 18.4 Å². The smallest absolute Gasteiger partial charge is 0.228 e. The lowest BCUT2D eigenvalue weighted by atomic mass is 10.0. The molecule has 2 aliphatic heterocycles. The second-order valence-corrected chi connectivity index (χ2v) is 7.61. The van der Waals surface area contributed by atoms with Crippen LogP contribution in [0.4, 0.5) is 5.69 Å². The summed E-state index contributed by atoms with van der Waals surface area (Å²) < 4.78 is 0. The Hall–Kier alpha value is -1.88. The van der Waals surface area contributed by atoms with Crippen LogP contribution in [0.5, 0.6) is 0 Å². The molecule has 0 bridgehead atoms. The number of carbonyl (C=O) groups excluding carboxylic acids is 2. The molecule has 0 saturated carbocycles. The van der Waals surface area contributed by atoms with Crippen molar-refractivity contribution >= 4 is 17.5 Å². The molecular formula is C21H31N3O2. The summed E-state index contributed by atoms with van der Waals surface area (Å²) in [7, 11) is 1.90. The van der Waals surface area contributed by atoms with Crippen molar-refractivity contribution < 1.29 is 9.59 Å². The van der Waals surface area contributed by atoms with Gasteiger partial charge in [0.1, 0.15) is 0 Å². The highest BCUT2D eigenvalue weighted by molar-refractivity contribution is 6.00. The van der Waals surface area contributed by atoms with Gasteiger partial charge in [-0.1, -0.05) is 25.5 Å². The maximum Gasteiger partial charge on any atom is 0.228 e. The molecule has 5 nitrogen and oxygen atoms in total. The number of amides is 2. The summed E-state index contributed by atoms with van der Waals surface area (Å²) in [6.45, 7) is 4.61. The van der Waals surface area contributed by atoms with Gasteiger partial charge in [0.05, 0.1) is 5.92 Å². The van der Waals surface area contributed by atoms with E-state index in [-0.39, 0.29) is 17.7 Å². The van der Waals surface area contributed by atoms with Crippen LogP contribution in [0, 0.1) is 5.92 Å². The summed E-state index contributed by atoms with van der Waals surface area (Å²) in [6, 6.07) is 8.55. The number of rotatable bonds is 6. The number of carbonyl (C=O) groups is 2. The van der Waals surface area contributed by atoms with Crippen LogP contribution in [0.3, 0.4) is 0 Å². The fourth-order valence-corrected chi connectivity index (χ4v) is 4.01. The average molecular weight is 357 g/mol. The Morgan fingerprint density at radius 1 is 1.23 bits per heavy atom. The molecule has 1 aromatic rings. The standard InChI is InChI=1S/C21H31N3O2/c1-3-4-5-16-6-8-19(9-7-16)24-15-17(14-20(24)25)21(26)23(2)18-10-12-22-13-11-18/h6-9,17-18,22H,3-5,10-15H2,1-2H3. The van der Waals surface area contributed by atoms with Crippen LogP contribution in [0.1, 0.15) is 44.6 Å². The van der Waals surface area contributed by atoms with Crippen molar-refractivity contribution in [3.05, 3.63) is 29.8 Å². The molecule has 0 radical (unpaired) electrons. The third-order valence-electron chi connectivity index (χ3n) is 5.75. The summed E-state index contributed by atoms with van der Waals surface area (Å²) >= 11 is 0. The zero-order valence-electron chi connectivity index (χ0n) is 16.0. The molecule has 5 heteroatoms. The van der Waals surface area contributed by atoms with Gasteiger partial charge in [-0.2, -0.15) is 0 Å². The first kappa shape index (κ1) is 18.9. The van der Waals surface area contributed by atoms with Crippen LogP contribution < -0.4 is 10.2 Å². The molecule has 0 spiro atoms. The van der Waals surface area contributed by atoms with Crippen molar-refractivity contribution in [1.29, 1.82) is 0 Å². The lowest BCUT2D eigenvalue weighted by molar-refractivity contribution is -0.137. The largest absolute Gasteiger partial charge is 0.342 e. The molecule has 3 rings (SSSR count). The minimum atomic E-state index is -0.220. The molecule has 0 aliphatic carbocycles. The number of anilines is 1. The number of benzene rings is 1. The number of hydrogen-bond acceptors (Lipinski definition) is 3. The second-order valence-electron chi connectivity index (χ2n) is 7.61. The molecule has 0 aromatic heterocycles. The number of unbranched alkanes of at least 4 members (excludes halogenated alkanes) is 1. The number of hydrogen-bond donors (Lipinski definition) is 1. The van der Waals surface area contributed by atoms with Crippen LogP contribution in [0.15, 0.2) is 24.3 Å². The van der Waals surface area contributed by atoms with E-state index in [1.54, 1.807) is 4.90 Å². The van der Waals surface area contributed by atoms with Gasteiger partial charge < -0.3 is 15.1 Å². The van der Waals surface area contributed by atoms with E-state index < -0.39 is 0 Å². The Labute approximate surface area is 156 Å². The van der Waals surface area contributed by atoms with Gasteiger partial charge in [-0.15, -0.1) is 0 Å². The molecule has 1 unspecified atom stereocenters. The predicted molar refractivity (Wildman–Crippen MR) is 104 cm³/mol. The summed E-state index contributed by atoms with van der Waals surface area (Å²) in [5, 5.41) is 3.33. The third kappa shape index (κ3) is 4.26. The highest BCUT2D eigenvalue weighted by Crippen LogP contribution is 2.27. The van der Waals surface area contributed by atoms with E-state index in [4.69, 9.17) is 0 Å². The first-order chi connectivity index (χ1) is 12.6. The summed E-state index contributed by atoms with van der Waals surface area (Å²) in [5.74, 6) is -0.0437. The van der Waals surface area contributed by atoms with Crippen molar-refractivity contribution in [3.63, 3.8) is 0 Å². The molecule has 2 saturated heterocycles. The first-order valence-electron chi connectivity index (χ1n) is 9.97. The highest BCUT2D eigenvalue weighted by Gasteiger charge is 2.37. The predicted octanol–water partition coefficient (Wildman–Crippen LogP) is 2.59. The Morgan fingerprint density at radius 2 is 1.92 bits per heavy atom. The summed E-state index contributed by atoms with van der Waals surface area (Å²) in [5.41, 5.74) is 2.22. The molecule has 1 N–H and O–H groups in total. The SMILES string of the molecule is CCCCc1ccc(N2CC(C(=O)N(C)C3CCNCC3)CC2=O)cc1. The number of aryl methyl sites for hydroxylation is 1. The van der Waals surface area contributed by atoms with E-state index in [0.29, 0.717) is 19.0 Å². The second kappa shape index (κ2) is 8.67. The molecule has 1 aromatic carbocycles. The quantitative estimate of drug-likeness (QED) is 0.851. The fraction of sp³-hybridized carbons (Fsp3) is 0.619. The topological polar surface area (TPSA) is 52.7 Å². The number of nitrogens with zero attached hydrogens (tertiary/aromatic N) is 2.